The molecule has 0 radical (unpaired) electrons. The highest BCUT2D eigenvalue weighted by Gasteiger charge is 2.60. The Bertz CT molecular complexity index is 2060. The number of benzene rings is 2. The van der Waals surface area contributed by atoms with Gasteiger partial charge >= 0.3 is 18.2 Å². The number of aliphatic hydroxyl groups is 1. The summed E-state index contributed by atoms with van der Waals surface area (Å²) in [5.41, 5.74) is 5.98. The smallest absolute Gasteiger partial charge is 0.410 e. The second-order valence-electron chi connectivity index (χ2n) is 14.3. The van der Waals surface area contributed by atoms with Gasteiger partial charge in [-0.2, -0.15) is 0 Å². The van der Waals surface area contributed by atoms with E-state index in [1.807, 2.05) is 0 Å². The number of rotatable bonds is 12. The van der Waals surface area contributed by atoms with Gasteiger partial charge in [0.1, 0.15) is 31.0 Å². The van der Waals surface area contributed by atoms with Crippen molar-refractivity contribution >= 4 is 59.0 Å². The number of carbonyl (C=O) groups excluding carboxylic acids is 5. The second kappa shape index (κ2) is 16.7. The molecule has 58 heavy (non-hydrogen) atoms. The molecule has 5 amide bonds. The normalized spacial score (nSPS) is 24.5. The summed E-state index contributed by atoms with van der Waals surface area (Å²) in [7, 11) is 0. The summed E-state index contributed by atoms with van der Waals surface area (Å²) in [5.74, 6) is -4.71. The van der Waals surface area contributed by atoms with Crippen LogP contribution in [0.2, 0.25) is 0 Å². The predicted octanol–water partition coefficient (Wildman–Crippen LogP) is 1.80. The van der Waals surface area contributed by atoms with E-state index >= 15 is 0 Å². The lowest BCUT2D eigenvalue weighted by molar-refractivity contribution is -0.385. The topological polar surface area (TPSA) is 287 Å². The fourth-order valence-corrected chi connectivity index (χ4v) is 9.24. The minimum Gasteiger partial charge on any atom is -0.477 e. The molecule has 6 rings (SSSR count). The molecule has 308 valence electrons. The molecule has 0 aliphatic carbocycles. The first-order valence-electron chi connectivity index (χ1n) is 18.0. The highest BCUT2D eigenvalue weighted by molar-refractivity contribution is 8.03. The van der Waals surface area contributed by atoms with E-state index in [1.165, 1.54) is 70.2 Å². The summed E-state index contributed by atoms with van der Waals surface area (Å²) in [5, 5.41) is 41.9. The van der Waals surface area contributed by atoms with Crippen molar-refractivity contribution in [3.8, 4) is 0 Å². The van der Waals surface area contributed by atoms with Crippen LogP contribution in [0.3, 0.4) is 0 Å². The van der Waals surface area contributed by atoms with Gasteiger partial charge in [0.2, 0.25) is 17.7 Å². The van der Waals surface area contributed by atoms with Crippen molar-refractivity contribution in [2.75, 3.05) is 26.2 Å². The summed E-state index contributed by atoms with van der Waals surface area (Å²) >= 11 is 1.11. The number of carboxylic acid groups (broad SMARTS) is 1. The van der Waals surface area contributed by atoms with Gasteiger partial charge in [-0.1, -0.05) is 6.92 Å². The van der Waals surface area contributed by atoms with E-state index in [2.05, 4.69) is 0 Å². The molecule has 7 atom stereocenters. The zero-order valence-electron chi connectivity index (χ0n) is 31.1. The van der Waals surface area contributed by atoms with Crippen LogP contribution in [0, 0.1) is 32.1 Å². The van der Waals surface area contributed by atoms with Crippen molar-refractivity contribution in [2.45, 2.75) is 63.0 Å². The third-order valence-electron chi connectivity index (χ3n) is 10.7. The molecule has 4 aliphatic rings. The number of nitrogens with zero attached hydrogens (tertiary/aromatic N) is 6. The summed E-state index contributed by atoms with van der Waals surface area (Å²) in [6.07, 6.45) is -2.86. The molecule has 21 nitrogen and oxygen atoms in total. The first-order chi connectivity index (χ1) is 27.5. The van der Waals surface area contributed by atoms with E-state index in [0.717, 1.165) is 16.7 Å². The van der Waals surface area contributed by atoms with Gasteiger partial charge in [-0.25, -0.2) is 14.4 Å². The average Bonchev–Trinajstić information content (AvgIpc) is 3.72. The number of nitrogens with two attached hydrogens (primary N) is 1. The van der Waals surface area contributed by atoms with E-state index in [9.17, 15) is 59.2 Å². The Morgan fingerprint density at radius 2 is 1.41 bits per heavy atom. The van der Waals surface area contributed by atoms with Crippen LogP contribution in [0.1, 0.15) is 31.4 Å². The first-order valence-corrected chi connectivity index (χ1v) is 18.9. The Morgan fingerprint density at radius 3 is 1.90 bits per heavy atom. The third kappa shape index (κ3) is 8.09. The number of carbonyl (C=O) groups is 6. The number of carboxylic acids is 1. The minimum absolute atomic E-state index is 0.00354. The number of non-ortho nitro benzene ring substituents is 2. The number of aliphatic carboxylic acids is 1. The van der Waals surface area contributed by atoms with E-state index in [0.29, 0.717) is 16.0 Å². The van der Waals surface area contributed by atoms with Crippen LogP contribution in [-0.2, 0) is 41.9 Å². The number of ether oxygens (including phenoxy) is 2. The zero-order valence-corrected chi connectivity index (χ0v) is 31.9. The number of amides is 5. The summed E-state index contributed by atoms with van der Waals surface area (Å²) in [6, 6.07) is 7.48. The molecule has 2 aromatic carbocycles. The number of fused-ring (bicyclic) bond motifs is 1. The predicted molar refractivity (Wildman–Crippen MR) is 199 cm³/mol. The highest BCUT2D eigenvalue weighted by Crippen LogP contribution is 2.52. The number of piperazine rings is 1. The van der Waals surface area contributed by atoms with Crippen LogP contribution in [0.5, 0.6) is 0 Å². The van der Waals surface area contributed by atoms with Gasteiger partial charge in [0.25, 0.3) is 11.4 Å². The standard InChI is InChI=1S/C36H39N7O14S/c1-18-28-27(19(2)44)33(47)41(28)29(34(48)49)30(18)58-24-13-25(40(14-24)36(51)57-17-21-5-9-23(10-6-21)43(54)55)32(46)38-11-12-39(26(15-38)31(37)45)35(50)56-16-20-3-7-22(8-4-20)42(52)53/h3-10,18-19,24-28,44H,11-17H2,1-2H3,(H2,37,45)(H,48,49)/t18-,19-,24+,25+,26?,27-,28-/m1/s1. The van der Waals surface area contributed by atoms with Gasteiger partial charge in [0, 0.05) is 60.0 Å². The van der Waals surface area contributed by atoms with Gasteiger partial charge in [0.15, 0.2) is 0 Å². The lowest BCUT2D eigenvalue weighted by atomic mass is 9.79. The van der Waals surface area contributed by atoms with Crippen molar-refractivity contribution in [1.29, 1.82) is 0 Å². The van der Waals surface area contributed by atoms with Crippen molar-refractivity contribution in [3.05, 3.63) is 90.5 Å². The number of hydrogen-bond acceptors (Lipinski definition) is 14. The van der Waals surface area contributed by atoms with Crippen molar-refractivity contribution in [3.63, 3.8) is 0 Å². The maximum Gasteiger partial charge on any atom is 0.410 e. The Hall–Kier alpha value is -6.29. The highest BCUT2D eigenvalue weighted by atomic mass is 32.2. The van der Waals surface area contributed by atoms with Gasteiger partial charge in [-0.15, -0.1) is 11.8 Å². The molecule has 0 spiro atoms. The summed E-state index contributed by atoms with van der Waals surface area (Å²) < 4.78 is 10.9. The molecule has 4 N–H and O–H groups in total. The molecule has 0 aromatic heterocycles. The number of likely N-dealkylation sites (tertiary alicyclic amines) is 1. The molecule has 1 unspecified atom stereocenters. The fraction of sp³-hybridized carbons (Fsp3) is 0.444. The number of nitro groups is 2. The van der Waals surface area contributed by atoms with Crippen LogP contribution < -0.4 is 5.73 Å². The Morgan fingerprint density at radius 1 is 0.879 bits per heavy atom. The summed E-state index contributed by atoms with van der Waals surface area (Å²) in [4.78, 5) is 105. The maximum absolute atomic E-state index is 14.3. The van der Waals surface area contributed by atoms with Gasteiger partial charge in [-0.3, -0.25) is 44.4 Å². The summed E-state index contributed by atoms with van der Waals surface area (Å²) in [6.45, 7) is 1.88. The van der Waals surface area contributed by atoms with Crippen LogP contribution in [-0.4, -0.2) is 131 Å². The van der Waals surface area contributed by atoms with Crippen LogP contribution in [0.4, 0.5) is 21.0 Å². The molecular formula is C36H39N7O14S. The SMILES string of the molecule is C[C@@H](O)[C@H]1C(=O)N2C(C(=O)O)=C(S[C@H]3C[C@@H](C(=O)N4CCN(C(=O)OCc5ccc([N+](=O)[O-])cc5)C(C(N)=O)C4)N(C(=O)OCc4ccc([N+](=O)[O-])cc4)C3)[C@H](C)[C@H]12. The van der Waals surface area contributed by atoms with Gasteiger partial charge < -0.3 is 35.2 Å². The van der Waals surface area contributed by atoms with E-state index in [1.54, 1.807) is 6.92 Å². The Kier molecular flexibility index (Phi) is 11.9. The number of aliphatic hydroxyl groups excluding tert-OH is 1. The Balaban J connectivity index is 1.18. The monoisotopic (exact) mass is 825 g/mol. The molecule has 0 saturated carbocycles. The zero-order chi connectivity index (χ0) is 42.2. The third-order valence-corrected chi connectivity index (χ3v) is 12.2. The molecular weight excluding hydrogens is 786 g/mol. The fourth-order valence-electron chi connectivity index (χ4n) is 7.72. The number of hydrogen-bond donors (Lipinski definition) is 3. The van der Waals surface area contributed by atoms with E-state index < -0.39 is 87.0 Å². The number of thioether (sulfide) groups is 1. The number of nitro benzene ring substituents is 2. The quantitative estimate of drug-likeness (QED) is 0.156. The Labute approximate surface area is 333 Å². The minimum atomic E-state index is -1.35. The molecule has 3 fully saturated rings. The second-order valence-corrected chi connectivity index (χ2v) is 15.6. The average molecular weight is 826 g/mol. The van der Waals surface area contributed by atoms with Crippen molar-refractivity contribution in [2.24, 2.45) is 17.6 Å². The lowest BCUT2D eigenvalue weighted by Gasteiger charge is -2.46. The van der Waals surface area contributed by atoms with Gasteiger partial charge in [0.05, 0.1) is 34.5 Å². The molecule has 3 saturated heterocycles. The van der Waals surface area contributed by atoms with Gasteiger partial charge in [-0.05, 0) is 48.7 Å². The molecule has 22 heteroatoms. The van der Waals surface area contributed by atoms with Crippen LogP contribution >= 0.6 is 11.8 Å². The van der Waals surface area contributed by atoms with E-state index in [4.69, 9.17) is 15.2 Å². The molecule has 2 aromatic rings. The maximum atomic E-state index is 14.3. The number of β-lactam (4-membered cyclic amide) rings is 1. The largest absolute Gasteiger partial charge is 0.477 e. The molecule has 4 heterocycles. The van der Waals surface area contributed by atoms with Crippen molar-refractivity contribution in [1.82, 2.24) is 19.6 Å². The van der Waals surface area contributed by atoms with Crippen LogP contribution in [0.25, 0.3) is 0 Å². The lowest BCUT2D eigenvalue weighted by Crippen LogP contribution is -2.63. The van der Waals surface area contributed by atoms with E-state index in [-0.39, 0.29) is 62.9 Å². The number of primary amides is 1. The first kappa shape index (κ1) is 41.3. The van der Waals surface area contributed by atoms with Crippen molar-refractivity contribution < 1.29 is 58.3 Å². The molecule has 0 bridgehead atoms. The van der Waals surface area contributed by atoms with Crippen LogP contribution in [0.15, 0.2) is 59.1 Å². The molecule has 4 aliphatic heterocycles.